The number of rotatable bonds is 4. The first-order valence-corrected chi connectivity index (χ1v) is 10.4. The second-order valence-corrected chi connectivity index (χ2v) is 8.50. The van der Waals surface area contributed by atoms with Crippen molar-refractivity contribution >= 4 is 44.7 Å². The second-order valence-electron chi connectivity index (χ2n) is 6.61. The molecule has 27 heavy (non-hydrogen) atoms. The molecule has 140 valence electrons. The maximum atomic E-state index is 12.8. The van der Waals surface area contributed by atoms with Crippen LogP contribution in [0.1, 0.15) is 29.3 Å². The predicted molar refractivity (Wildman–Crippen MR) is 106 cm³/mol. The average molecular weight is 448 g/mol. The minimum Gasteiger partial charge on any atom is -0.507 e. The lowest BCUT2D eigenvalue weighted by molar-refractivity contribution is -0.140. The molecule has 2 fully saturated rings. The average Bonchev–Trinajstić information content (AvgIpc) is 3.40. The van der Waals surface area contributed by atoms with Crippen LogP contribution >= 0.6 is 27.3 Å². The fourth-order valence-corrected chi connectivity index (χ4v) is 4.69. The molecule has 2 aliphatic rings. The molecule has 2 saturated heterocycles. The van der Waals surface area contributed by atoms with Gasteiger partial charge in [-0.1, -0.05) is 34.1 Å². The summed E-state index contributed by atoms with van der Waals surface area (Å²) in [6.07, 6.45) is 1.75. The van der Waals surface area contributed by atoms with E-state index in [2.05, 4.69) is 15.9 Å². The molecule has 1 aromatic carbocycles. The Morgan fingerprint density at radius 2 is 2.04 bits per heavy atom. The number of aliphatic hydroxyl groups is 1. The summed E-state index contributed by atoms with van der Waals surface area (Å²) in [6, 6.07) is 10.2. The summed E-state index contributed by atoms with van der Waals surface area (Å²) in [4.78, 5) is 28.0. The number of benzene rings is 1. The largest absolute Gasteiger partial charge is 0.507 e. The number of hydrogen-bond acceptors (Lipinski definition) is 5. The summed E-state index contributed by atoms with van der Waals surface area (Å²) < 4.78 is 6.54. The monoisotopic (exact) mass is 447 g/mol. The molecule has 1 N–H and O–H groups in total. The lowest BCUT2D eigenvalue weighted by atomic mass is 10.00. The first-order chi connectivity index (χ1) is 13.1. The van der Waals surface area contributed by atoms with Crippen molar-refractivity contribution in [3.63, 3.8) is 0 Å². The predicted octanol–water partition coefficient (Wildman–Crippen LogP) is 4.11. The highest BCUT2D eigenvalue weighted by Crippen LogP contribution is 2.41. The Morgan fingerprint density at radius 3 is 2.67 bits per heavy atom. The minimum atomic E-state index is -0.646. The molecule has 1 aromatic heterocycles. The van der Waals surface area contributed by atoms with E-state index in [9.17, 15) is 14.7 Å². The van der Waals surface area contributed by atoms with Gasteiger partial charge < -0.3 is 14.7 Å². The summed E-state index contributed by atoms with van der Waals surface area (Å²) in [6.45, 7) is 1.03. The van der Waals surface area contributed by atoms with Gasteiger partial charge in [-0.3, -0.25) is 9.59 Å². The molecule has 0 bridgehead atoms. The van der Waals surface area contributed by atoms with E-state index in [1.165, 1.54) is 11.3 Å². The van der Waals surface area contributed by atoms with Crippen LogP contribution in [-0.2, 0) is 14.3 Å². The lowest BCUT2D eigenvalue weighted by Gasteiger charge is -2.26. The number of nitrogens with zero attached hydrogens (tertiary/aromatic N) is 1. The Bertz CT molecular complexity index is 885. The van der Waals surface area contributed by atoms with Crippen LogP contribution in [0, 0.1) is 0 Å². The number of likely N-dealkylation sites (tertiary alicyclic amines) is 1. The maximum Gasteiger partial charge on any atom is 0.295 e. The van der Waals surface area contributed by atoms with Gasteiger partial charge in [0.15, 0.2) is 0 Å². The third kappa shape index (κ3) is 3.47. The van der Waals surface area contributed by atoms with E-state index in [0.717, 1.165) is 22.2 Å². The van der Waals surface area contributed by atoms with Gasteiger partial charge in [0.25, 0.3) is 11.7 Å². The standard InChI is InChI=1S/C20H18BrNO4S/c21-13-7-5-12(6-8-13)18(23)16-17(15-4-2-10-27-15)22(20(25)19(16)24)11-14-3-1-9-26-14/h2,4-8,10,14,17,23H,1,3,9,11H2/t14-,17-/m1/s1. The molecule has 0 aliphatic carbocycles. The van der Waals surface area contributed by atoms with Crippen molar-refractivity contribution in [3.8, 4) is 0 Å². The fraction of sp³-hybridized carbons (Fsp3) is 0.300. The van der Waals surface area contributed by atoms with Gasteiger partial charge in [0.1, 0.15) is 5.76 Å². The first-order valence-electron chi connectivity index (χ1n) is 8.75. The van der Waals surface area contributed by atoms with E-state index in [-0.39, 0.29) is 17.4 Å². The zero-order chi connectivity index (χ0) is 19.0. The molecule has 5 nitrogen and oxygen atoms in total. The molecule has 0 spiro atoms. The van der Waals surface area contributed by atoms with E-state index < -0.39 is 17.7 Å². The van der Waals surface area contributed by atoms with Crippen molar-refractivity contribution in [1.82, 2.24) is 4.90 Å². The summed E-state index contributed by atoms with van der Waals surface area (Å²) in [5.74, 6) is -1.37. The van der Waals surface area contributed by atoms with Gasteiger partial charge in [0, 0.05) is 28.1 Å². The molecule has 2 aliphatic heterocycles. The minimum absolute atomic E-state index is 0.0709. The number of hydrogen-bond donors (Lipinski definition) is 1. The molecule has 0 unspecified atom stereocenters. The Labute approximate surface area is 169 Å². The fourth-order valence-electron chi connectivity index (χ4n) is 3.58. The number of halogens is 1. The van der Waals surface area contributed by atoms with Crippen LogP contribution in [0.2, 0.25) is 0 Å². The van der Waals surface area contributed by atoms with Crippen LogP contribution in [0.25, 0.3) is 5.76 Å². The third-order valence-corrected chi connectivity index (χ3v) is 6.35. The summed E-state index contributed by atoms with van der Waals surface area (Å²) in [7, 11) is 0. The zero-order valence-electron chi connectivity index (χ0n) is 14.4. The second kappa shape index (κ2) is 7.58. The lowest BCUT2D eigenvalue weighted by Crippen LogP contribution is -2.36. The normalized spacial score (nSPS) is 24.7. The van der Waals surface area contributed by atoms with E-state index in [0.29, 0.717) is 18.7 Å². The quantitative estimate of drug-likeness (QED) is 0.434. The van der Waals surface area contributed by atoms with Gasteiger partial charge in [-0.2, -0.15) is 0 Å². The van der Waals surface area contributed by atoms with Gasteiger partial charge in [-0.25, -0.2) is 0 Å². The van der Waals surface area contributed by atoms with E-state index in [4.69, 9.17) is 4.74 Å². The van der Waals surface area contributed by atoms with Gasteiger partial charge >= 0.3 is 0 Å². The van der Waals surface area contributed by atoms with Crippen molar-refractivity contribution in [3.05, 3.63) is 62.3 Å². The number of amides is 1. The van der Waals surface area contributed by atoms with Crippen molar-refractivity contribution in [2.24, 2.45) is 0 Å². The van der Waals surface area contributed by atoms with Crippen molar-refractivity contribution in [2.75, 3.05) is 13.2 Å². The number of thiophene rings is 1. The Morgan fingerprint density at radius 1 is 1.26 bits per heavy atom. The molecule has 4 rings (SSSR count). The molecular formula is C20H18BrNO4S. The molecule has 2 aromatic rings. The number of carbonyl (C=O) groups is 2. The number of carbonyl (C=O) groups excluding carboxylic acids is 2. The Balaban J connectivity index is 1.78. The van der Waals surface area contributed by atoms with E-state index >= 15 is 0 Å². The number of ketones is 1. The Kier molecular flexibility index (Phi) is 5.16. The molecular weight excluding hydrogens is 430 g/mol. The molecule has 0 radical (unpaired) electrons. The molecule has 1 amide bonds. The summed E-state index contributed by atoms with van der Waals surface area (Å²) in [5.41, 5.74) is 0.651. The van der Waals surface area contributed by atoms with Crippen LogP contribution in [0.5, 0.6) is 0 Å². The van der Waals surface area contributed by atoms with Gasteiger partial charge in [0.05, 0.1) is 17.7 Å². The zero-order valence-corrected chi connectivity index (χ0v) is 16.8. The van der Waals surface area contributed by atoms with Gasteiger partial charge in [-0.15, -0.1) is 11.3 Å². The summed E-state index contributed by atoms with van der Waals surface area (Å²) >= 11 is 4.83. The smallest absolute Gasteiger partial charge is 0.295 e. The maximum absolute atomic E-state index is 12.8. The van der Waals surface area contributed by atoms with Gasteiger partial charge in [0.2, 0.25) is 0 Å². The van der Waals surface area contributed by atoms with Gasteiger partial charge in [-0.05, 0) is 36.4 Å². The van der Waals surface area contributed by atoms with E-state index in [1.54, 1.807) is 29.2 Å². The SMILES string of the molecule is O=C1C(=O)N(C[C@H]2CCCO2)[C@H](c2cccs2)C1=C(O)c1ccc(Br)cc1. The number of ether oxygens (including phenoxy) is 1. The van der Waals surface area contributed by atoms with E-state index in [1.807, 2.05) is 17.5 Å². The first kappa shape index (κ1) is 18.4. The van der Waals surface area contributed by atoms with Crippen LogP contribution in [0.4, 0.5) is 0 Å². The van der Waals surface area contributed by atoms with Crippen molar-refractivity contribution < 1.29 is 19.4 Å². The highest BCUT2D eigenvalue weighted by molar-refractivity contribution is 9.10. The number of Topliss-reactive ketones (excluding diaryl/α,β-unsaturated/α-hetero) is 1. The summed E-state index contributed by atoms with van der Waals surface area (Å²) in [5, 5.41) is 12.8. The third-order valence-electron chi connectivity index (χ3n) is 4.89. The highest BCUT2D eigenvalue weighted by atomic mass is 79.9. The topological polar surface area (TPSA) is 66.8 Å². The molecule has 2 atom stereocenters. The van der Waals surface area contributed by atoms with Crippen LogP contribution < -0.4 is 0 Å². The van der Waals surface area contributed by atoms with Crippen LogP contribution in [0.3, 0.4) is 0 Å². The molecule has 0 saturated carbocycles. The van der Waals surface area contributed by atoms with Crippen LogP contribution in [-0.4, -0.2) is 41.0 Å². The van der Waals surface area contributed by atoms with Crippen LogP contribution in [0.15, 0.2) is 51.8 Å². The van der Waals surface area contributed by atoms with Crippen molar-refractivity contribution in [2.45, 2.75) is 25.0 Å². The molecule has 3 heterocycles. The molecule has 7 heteroatoms. The van der Waals surface area contributed by atoms with Crippen molar-refractivity contribution in [1.29, 1.82) is 0 Å². The highest BCUT2D eigenvalue weighted by Gasteiger charge is 2.47. The number of aliphatic hydroxyl groups excluding tert-OH is 1. The Hall–Kier alpha value is -1.96.